The van der Waals surface area contributed by atoms with Crippen molar-refractivity contribution in [3.05, 3.63) is 33.9 Å². The molecular weight excluding hydrogens is 212 g/mol. The number of non-ortho nitro benzene ring substituents is 1. The molecule has 1 saturated carbocycles. The Morgan fingerprint density at radius 3 is 2.69 bits per heavy atom. The van der Waals surface area contributed by atoms with Crippen molar-refractivity contribution in [1.82, 2.24) is 0 Å². The Kier molecular flexibility index (Phi) is 2.47. The molecule has 2 N–H and O–H groups in total. The van der Waals surface area contributed by atoms with Crippen LogP contribution in [0.5, 0.6) is 0 Å². The van der Waals surface area contributed by atoms with Crippen LogP contribution in [0, 0.1) is 10.1 Å². The lowest BCUT2D eigenvalue weighted by atomic mass is 10.1. The van der Waals surface area contributed by atoms with Crippen LogP contribution in [0.25, 0.3) is 0 Å². The van der Waals surface area contributed by atoms with Gasteiger partial charge >= 0.3 is 5.97 Å². The fourth-order valence-electron chi connectivity index (χ4n) is 1.40. The molecule has 1 aliphatic carbocycles. The molecule has 16 heavy (non-hydrogen) atoms. The Bertz CT molecular complexity index is 454. The van der Waals surface area contributed by atoms with Crippen LogP contribution in [0.2, 0.25) is 0 Å². The predicted molar refractivity (Wildman–Crippen MR) is 56.7 cm³/mol. The van der Waals surface area contributed by atoms with E-state index in [1.165, 1.54) is 18.2 Å². The number of carboxylic acids is 1. The van der Waals surface area contributed by atoms with Gasteiger partial charge in [-0.15, -0.1) is 0 Å². The molecule has 0 unspecified atom stereocenters. The van der Waals surface area contributed by atoms with Gasteiger partial charge < -0.3 is 10.4 Å². The van der Waals surface area contributed by atoms with Crippen molar-refractivity contribution in [2.75, 3.05) is 5.32 Å². The summed E-state index contributed by atoms with van der Waals surface area (Å²) in [4.78, 5) is 20.9. The number of aromatic carboxylic acids is 1. The molecule has 0 aromatic heterocycles. The SMILES string of the molecule is O=C(O)c1ccc([N+](=O)[O-])cc1NC1CC1. The van der Waals surface area contributed by atoms with Crippen LogP contribution in [0.15, 0.2) is 18.2 Å². The topological polar surface area (TPSA) is 92.5 Å². The summed E-state index contributed by atoms with van der Waals surface area (Å²) in [7, 11) is 0. The van der Waals surface area contributed by atoms with Gasteiger partial charge in [-0.25, -0.2) is 4.79 Å². The lowest BCUT2D eigenvalue weighted by Crippen LogP contribution is -2.08. The molecule has 0 aliphatic heterocycles. The number of rotatable bonds is 4. The number of nitro benzene ring substituents is 1. The van der Waals surface area contributed by atoms with Crippen molar-refractivity contribution >= 4 is 17.3 Å². The first-order valence-electron chi connectivity index (χ1n) is 4.86. The molecule has 0 saturated heterocycles. The standard InChI is InChI=1S/C10H10N2O4/c13-10(14)8-4-3-7(12(15)16)5-9(8)11-6-1-2-6/h3-6,11H,1-2H2,(H,13,14). The fraction of sp³-hybridized carbons (Fsp3) is 0.300. The third-order valence-corrected chi connectivity index (χ3v) is 2.38. The van der Waals surface area contributed by atoms with E-state index in [2.05, 4.69) is 5.32 Å². The Labute approximate surface area is 91.0 Å². The molecular formula is C10H10N2O4. The second-order valence-corrected chi connectivity index (χ2v) is 3.71. The monoisotopic (exact) mass is 222 g/mol. The summed E-state index contributed by atoms with van der Waals surface area (Å²) in [5.41, 5.74) is 0.287. The maximum atomic E-state index is 10.9. The third kappa shape index (κ3) is 2.10. The number of nitrogens with zero attached hydrogens (tertiary/aromatic N) is 1. The number of nitrogens with one attached hydrogen (secondary N) is 1. The van der Waals surface area contributed by atoms with E-state index in [1.807, 2.05) is 0 Å². The summed E-state index contributed by atoms with van der Waals surface area (Å²) in [6.45, 7) is 0. The number of benzene rings is 1. The zero-order chi connectivity index (χ0) is 11.7. The zero-order valence-electron chi connectivity index (χ0n) is 8.34. The first kappa shape index (κ1) is 10.4. The quantitative estimate of drug-likeness (QED) is 0.599. The highest BCUT2D eigenvalue weighted by Crippen LogP contribution is 2.29. The molecule has 0 heterocycles. The minimum absolute atomic E-state index is 0.0671. The summed E-state index contributed by atoms with van der Waals surface area (Å²) < 4.78 is 0. The summed E-state index contributed by atoms with van der Waals surface area (Å²) in [6, 6.07) is 3.97. The van der Waals surface area contributed by atoms with Gasteiger partial charge in [-0.05, 0) is 18.9 Å². The van der Waals surface area contributed by atoms with Crippen LogP contribution < -0.4 is 5.32 Å². The van der Waals surface area contributed by atoms with Crippen molar-refractivity contribution in [3.8, 4) is 0 Å². The van der Waals surface area contributed by atoms with Gasteiger partial charge in [0.2, 0.25) is 0 Å². The number of carbonyl (C=O) groups is 1. The van der Waals surface area contributed by atoms with Crippen molar-refractivity contribution < 1.29 is 14.8 Å². The summed E-state index contributed by atoms with van der Waals surface area (Å²) in [5.74, 6) is -1.09. The number of carboxylic acid groups (broad SMARTS) is 1. The van der Waals surface area contributed by atoms with E-state index < -0.39 is 10.9 Å². The average Bonchev–Trinajstić information content (AvgIpc) is 3.01. The molecule has 1 fully saturated rings. The minimum atomic E-state index is -1.09. The maximum absolute atomic E-state index is 10.9. The Balaban J connectivity index is 2.37. The van der Waals surface area contributed by atoms with Gasteiger partial charge in [0.15, 0.2) is 0 Å². The molecule has 2 rings (SSSR count). The first-order valence-corrected chi connectivity index (χ1v) is 4.86. The van der Waals surface area contributed by atoms with Gasteiger partial charge in [-0.2, -0.15) is 0 Å². The van der Waals surface area contributed by atoms with Crippen molar-refractivity contribution in [2.24, 2.45) is 0 Å². The van der Waals surface area contributed by atoms with E-state index in [-0.39, 0.29) is 17.3 Å². The lowest BCUT2D eigenvalue weighted by molar-refractivity contribution is -0.384. The molecule has 1 aliphatic rings. The molecule has 84 valence electrons. The van der Waals surface area contributed by atoms with E-state index in [9.17, 15) is 14.9 Å². The minimum Gasteiger partial charge on any atom is -0.478 e. The van der Waals surface area contributed by atoms with Crippen molar-refractivity contribution in [2.45, 2.75) is 18.9 Å². The normalized spacial score (nSPS) is 14.5. The highest BCUT2D eigenvalue weighted by Gasteiger charge is 2.24. The third-order valence-electron chi connectivity index (χ3n) is 2.38. The number of hydrogen-bond donors (Lipinski definition) is 2. The van der Waals surface area contributed by atoms with Crippen molar-refractivity contribution in [3.63, 3.8) is 0 Å². The first-order chi connectivity index (χ1) is 7.58. The number of nitro groups is 1. The van der Waals surface area contributed by atoms with Gasteiger partial charge in [0.25, 0.3) is 5.69 Å². The van der Waals surface area contributed by atoms with E-state index in [0.29, 0.717) is 5.69 Å². The van der Waals surface area contributed by atoms with Crippen LogP contribution >= 0.6 is 0 Å². The average molecular weight is 222 g/mol. The summed E-state index contributed by atoms with van der Waals surface area (Å²) >= 11 is 0. The van der Waals surface area contributed by atoms with Gasteiger partial charge in [0, 0.05) is 18.2 Å². The largest absolute Gasteiger partial charge is 0.478 e. The van der Waals surface area contributed by atoms with Gasteiger partial charge in [-0.1, -0.05) is 0 Å². The van der Waals surface area contributed by atoms with Crippen molar-refractivity contribution in [1.29, 1.82) is 0 Å². The molecule has 6 heteroatoms. The zero-order valence-corrected chi connectivity index (χ0v) is 8.34. The van der Waals surface area contributed by atoms with E-state index >= 15 is 0 Å². The molecule has 0 radical (unpaired) electrons. The smallest absolute Gasteiger partial charge is 0.337 e. The molecule has 1 aromatic rings. The van der Waals surface area contributed by atoms with E-state index in [0.717, 1.165) is 12.8 Å². The number of anilines is 1. The molecule has 0 atom stereocenters. The van der Waals surface area contributed by atoms with Crippen LogP contribution in [-0.4, -0.2) is 22.0 Å². The fourth-order valence-corrected chi connectivity index (χ4v) is 1.40. The molecule has 0 spiro atoms. The van der Waals surface area contributed by atoms with Crippen LogP contribution in [0.1, 0.15) is 23.2 Å². The summed E-state index contributed by atoms with van der Waals surface area (Å²) in [5, 5.41) is 22.5. The van der Waals surface area contributed by atoms with Gasteiger partial charge in [0.1, 0.15) is 0 Å². The predicted octanol–water partition coefficient (Wildman–Crippen LogP) is 1.87. The van der Waals surface area contributed by atoms with Gasteiger partial charge in [0.05, 0.1) is 16.2 Å². The summed E-state index contributed by atoms with van der Waals surface area (Å²) in [6.07, 6.45) is 1.95. The Morgan fingerprint density at radius 2 is 2.19 bits per heavy atom. The van der Waals surface area contributed by atoms with Crippen LogP contribution in [0.4, 0.5) is 11.4 Å². The highest BCUT2D eigenvalue weighted by atomic mass is 16.6. The Morgan fingerprint density at radius 1 is 1.50 bits per heavy atom. The second-order valence-electron chi connectivity index (χ2n) is 3.71. The molecule has 1 aromatic carbocycles. The molecule has 0 amide bonds. The van der Waals surface area contributed by atoms with Crippen LogP contribution in [-0.2, 0) is 0 Å². The second kappa shape index (κ2) is 3.80. The van der Waals surface area contributed by atoms with E-state index in [4.69, 9.17) is 5.11 Å². The lowest BCUT2D eigenvalue weighted by Gasteiger charge is -2.07. The number of hydrogen-bond acceptors (Lipinski definition) is 4. The molecule has 6 nitrogen and oxygen atoms in total. The van der Waals surface area contributed by atoms with E-state index in [1.54, 1.807) is 0 Å². The van der Waals surface area contributed by atoms with Gasteiger partial charge in [-0.3, -0.25) is 10.1 Å². The Hall–Kier alpha value is -2.11. The molecule has 0 bridgehead atoms. The van der Waals surface area contributed by atoms with Crippen LogP contribution in [0.3, 0.4) is 0 Å². The maximum Gasteiger partial charge on any atom is 0.337 e. The highest BCUT2D eigenvalue weighted by molar-refractivity contribution is 5.94.